The smallest absolute Gasteiger partial charge is 0.325 e. The Bertz CT molecular complexity index is 994. The number of urea groups is 1. The highest BCUT2D eigenvalue weighted by Gasteiger charge is 2.49. The molecular formula is C23H28ClN3O3. The highest BCUT2D eigenvalue weighted by Crippen LogP contribution is 2.30. The first-order valence-corrected chi connectivity index (χ1v) is 10.5. The number of hydrogen-bond acceptors (Lipinski definition) is 3. The maximum atomic E-state index is 13.1. The summed E-state index contributed by atoms with van der Waals surface area (Å²) in [5.74, 6) is -0.138. The van der Waals surface area contributed by atoms with Gasteiger partial charge in [-0.05, 0) is 56.9 Å². The van der Waals surface area contributed by atoms with Crippen molar-refractivity contribution < 1.29 is 14.4 Å². The average molecular weight is 430 g/mol. The number of halogens is 1. The Kier molecular flexibility index (Phi) is 6.09. The summed E-state index contributed by atoms with van der Waals surface area (Å²) in [5.41, 5.74) is 1.81. The second-order valence-corrected chi connectivity index (χ2v) is 8.93. The first kappa shape index (κ1) is 22.1. The number of aromatic nitrogens is 1. The number of amides is 3. The van der Waals surface area contributed by atoms with Gasteiger partial charge >= 0.3 is 6.03 Å². The highest BCUT2D eigenvalue weighted by atomic mass is 35.5. The molecule has 1 saturated heterocycles. The lowest BCUT2D eigenvalue weighted by atomic mass is 9.92. The molecule has 2 aromatic rings. The van der Waals surface area contributed by atoms with E-state index in [-0.39, 0.29) is 12.3 Å². The number of hydrogen-bond donors (Lipinski definition) is 1. The third-order valence-electron chi connectivity index (χ3n) is 5.80. The minimum Gasteiger partial charge on any atom is -0.348 e. The van der Waals surface area contributed by atoms with E-state index in [9.17, 15) is 14.4 Å². The minimum atomic E-state index is -1.23. The van der Waals surface area contributed by atoms with E-state index in [1.807, 2.05) is 19.9 Å². The molecule has 1 unspecified atom stereocenters. The van der Waals surface area contributed by atoms with Gasteiger partial charge in [0.2, 0.25) is 0 Å². The quantitative estimate of drug-likeness (QED) is 0.522. The summed E-state index contributed by atoms with van der Waals surface area (Å²) in [6, 6.07) is 8.01. The monoisotopic (exact) mass is 429 g/mol. The molecule has 7 heteroatoms. The van der Waals surface area contributed by atoms with E-state index in [2.05, 4.69) is 23.7 Å². The molecule has 3 rings (SSSR count). The van der Waals surface area contributed by atoms with E-state index in [1.54, 1.807) is 31.2 Å². The Morgan fingerprint density at radius 2 is 1.80 bits per heavy atom. The second-order valence-electron chi connectivity index (χ2n) is 8.50. The molecule has 1 atom stereocenters. The molecule has 1 aromatic heterocycles. The lowest BCUT2D eigenvalue weighted by Gasteiger charge is -2.22. The Labute approximate surface area is 182 Å². The van der Waals surface area contributed by atoms with Gasteiger partial charge in [-0.2, -0.15) is 0 Å². The van der Waals surface area contributed by atoms with Gasteiger partial charge in [-0.25, -0.2) is 4.79 Å². The molecule has 1 aromatic carbocycles. The van der Waals surface area contributed by atoms with Crippen LogP contribution in [0.5, 0.6) is 0 Å². The number of Topliss-reactive ketones (excluding diaryl/α,β-unsaturated/α-hetero) is 1. The molecule has 1 N–H and O–H groups in total. The van der Waals surface area contributed by atoms with Crippen molar-refractivity contribution in [1.82, 2.24) is 14.8 Å². The predicted octanol–water partition coefficient (Wildman–Crippen LogP) is 4.45. The average Bonchev–Trinajstić information content (AvgIpc) is 3.08. The number of nitrogens with one attached hydrogen (secondary N) is 1. The number of nitrogens with zero attached hydrogens (tertiary/aromatic N) is 2. The van der Waals surface area contributed by atoms with Gasteiger partial charge in [0.05, 0.1) is 6.54 Å². The van der Waals surface area contributed by atoms with Gasteiger partial charge in [0, 0.05) is 28.5 Å². The van der Waals surface area contributed by atoms with Crippen molar-refractivity contribution in [3.8, 4) is 0 Å². The standard InChI is InChI=1S/C23H28ClN3O3/c1-14(2)10-11-26-15(3)12-19(16(26)4)20(28)13-27-21(29)23(5,25-22(27)30)17-6-8-18(24)9-7-17/h6-9,12,14H,10-11,13H2,1-5H3,(H,25,30). The van der Waals surface area contributed by atoms with Crippen molar-refractivity contribution in [1.29, 1.82) is 0 Å². The van der Waals surface area contributed by atoms with Crippen LogP contribution in [0, 0.1) is 19.8 Å². The molecule has 0 aliphatic carbocycles. The Morgan fingerprint density at radius 1 is 1.17 bits per heavy atom. The zero-order valence-corrected chi connectivity index (χ0v) is 18.8. The largest absolute Gasteiger partial charge is 0.348 e. The van der Waals surface area contributed by atoms with Crippen LogP contribution in [0.3, 0.4) is 0 Å². The van der Waals surface area contributed by atoms with Gasteiger partial charge in [-0.3, -0.25) is 14.5 Å². The molecule has 1 aliphatic heterocycles. The fraction of sp³-hybridized carbons (Fsp3) is 0.435. The highest BCUT2D eigenvalue weighted by molar-refractivity contribution is 6.30. The van der Waals surface area contributed by atoms with Gasteiger partial charge in [0.25, 0.3) is 5.91 Å². The van der Waals surface area contributed by atoms with Crippen molar-refractivity contribution in [3.63, 3.8) is 0 Å². The summed E-state index contributed by atoms with van der Waals surface area (Å²) in [7, 11) is 0. The fourth-order valence-electron chi connectivity index (χ4n) is 3.86. The van der Waals surface area contributed by atoms with E-state index in [0.717, 1.165) is 29.3 Å². The third kappa shape index (κ3) is 4.01. The van der Waals surface area contributed by atoms with Crippen LogP contribution < -0.4 is 5.32 Å². The Balaban J connectivity index is 1.80. The molecular weight excluding hydrogens is 402 g/mol. The van der Waals surface area contributed by atoms with Gasteiger partial charge < -0.3 is 9.88 Å². The number of imide groups is 1. The van der Waals surface area contributed by atoms with Gasteiger partial charge in [-0.15, -0.1) is 0 Å². The molecule has 30 heavy (non-hydrogen) atoms. The summed E-state index contributed by atoms with van der Waals surface area (Å²) in [6.07, 6.45) is 1.01. The van der Waals surface area contributed by atoms with Crippen molar-refractivity contribution >= 4 is 29.3 Å². The molecule has 6 nitrogen and oxygen atoms in total. The second kappa shape index (κ2) is 8.26. The van der Waals surface area contributed by atoms with Crippen molar-refractivity contribution in [3.05, 3.63) is 57.9 Å². The molecule has 1 aliphatic rings. The maximum Gasteiger partial charge on any atom is 0.325 e. The van der Waals surface area contributed by atoms with Gasteiger partial charge in [0.1, 0.15) is 5.54 Å². The van der Waals surface area contributed by atoms with Crippen LogP contribution in [0.2, 0.25) is 5.02 Å². The molecule has 0 spiro atoms. The van der Waals surface area contributed by atoms with E-state index < -0.39 is 17.5 Å². The van der Waals surface area contributed by atoms with Gasteiger partial charge in [-0.1, -0.05) is 37.6 Å². The molecule has 0 radical (unpaired) electrons. The Hall–Kier alpha value is -2.60. The number of rotatable bonds is 7. The maximum absolute atomic E-state index is 13.1. The van der Waals surface area contributed by atoms with E-state index >= 15 is 0 Å². The van der Waals surface area contributed by atoms with Crippen LogP contribution in [0.1, 0.15) is 54.5 Å². The van der Waals surface area contributed by atoms with Crippen LogP contribution in [0.15, 0.2) is 30.3 Å². The van der Waals surface area contributed by atoms with Crippen molar-refractivity contribution in [2.45, 2.75) is 53.1 Å². The predicted molar refractivity (Wildman–Crippen MR) is 117 cm³/mol. The van der Waals surface area contributed by atoms with Crippen LogP contribution in [-0.4, -0.2) is 33.7 Å². The number of aryl methyl sites for hydroxylation is 1. The van der Waals surface area contributed by atoms with Crippen LogP contribution in [-0.2, 0) is 16.9 Å². The number of carbonyl (C=O) groups is 3. The van der Waals surface area contributed by atoms with Crippen molar-refractivity contribution in [2.75, 3.05) is 6.54 Å². The lowest BCUT2D eigenvalue weighted by molar-refractivity contribution is -0.130. The number of benzene rings is 1. The van der Waals surface area contributed by atoms with Crippen LogP contribution >= 0.6 is 11.6 Å². The zero-order chi connectivity index (χ0) is 22.2. The van der Waals surface area contributed by atoms with Crippen LogP contribution in [0.4, 0.5) is 4.79 Å². The number of carbonyl (C=O) groups excluding carboxylic acids is 3. The SMILES string of the molecule is Cc1cc(C(=O)CN2C(=O)NC(C)(c3ccc(Cl)cc3)C2=O)c(C)n1CCC(C)C. The molecule has 0 saturated carbocycles. The molecule has 160 valence electrons. The first-order valence-electron chi connectivity index (χ1n) is 10.1. The summed E-state index contributed by atoms with van der Waals surface area (Å²) >= 11 is 5.93. The molecule has 1 fully saturated rings. The Morgan fingerprint density at radius 3 is 2.40 bits per heavy atom. The van der Waals surface area contributed by atoms with Crippen LogP contribution in [0.25, 0.3) is 0 Å². The fourth-order valence-corrected chi connectivity index (χ4v) is 3.99. The minimum absolute atomic E-state index is 0.247. The third-order valence-corrected chi connectivity index (χ3v) is 6.05. The summed E-state index contributed by atoms with van der Waals surface area (Å²) in [6.45, 7) is 10.4. The van der Waals surface area contributed by atoms with E-state index in [0.29, 0.717) is 22.1 Å². The van der Waals surface area contributed by atoms with Crippen molar-refractivity contribution in [2.24, 2.45) is 5.92 Å². The first-order chi connectivity index (χ1) is 14.0. The van der Waals surface area contributed by atoms with Gasteiger partial charge in [0.15, 0.2) is 5.78 Å². The van der Waals surface area contributed by atoms with E-state index in [4.69, 9.17) is 11.6 Å². The molecule has 2 heterocycles. The zero-order valence-electron chi connectivity index (χ0n) is 18.1. The van der Waals surface area contributed by atoms with E-state index in [1.165, 1.54) is 0 Å². The number of ketones is 1. The molecule has 0 bridgehead atoms. The topological polar surface area (TPSA) is 71.4 Å². The normalized spacial score (nSPS) is 19.0. The molecule has 3 amide bonds. The lowest BCUT2D eigenvalue weighted by Crippen LogP contribution is -2.41. The summed E-state index contributed by atoms with van der Waals surface area (Å²) in [5, 5.41) is 3.26. The summed E-state index contributed by atoms with van der Waals surface area (Å²) in [4.78, 5) is 39.6. The summed E-state index contributed by atoms with van der Waals surface area (Å²) < 4.78 is 2.12.